The van der Waals surface area contributed by atoms with Crippen LogP contribution in [0, 0.1) is 0 Å². The van der Waals surface area contributed by atoms with Gasteiger partial charge in [-0.15, -0.1) is 0 Å². The Morgan fingerprint density at radius 2 is 2.40 bits per heavy atom. The lowest BCUT2D eigenvalue weighted by Crippen LogP contribution is -2.34. The molecule has 4 N–H and O–H groups in total. The first-order valence-corrected chi connectivity index (χ1v) is 3.27. The smallest absolute Gasteiger partial charge is 0.159 e. The Labute approximate surface area is 60.4 Å². The predicted molar refractivity (Wildman–Crippen MR) is 38.6 cm³/mol. The van der Waals surface area contributed by atoms with E-state index >= 15 is 0 Å². The zero-order chi connectivity index (χ0) is 7.98. The van der Waals surface area contributed by atoms with E-state index in [1.807, 2.05) is 0 Å². The molecule has 0 spiro atoms. The summed E-state index contributed by atoms with van der Waals surface area (Å²) in [6.45, 7) is 2.80. The van der Waals surface area contributed by atoms with Gasteiger partial charge < -0.3 is 16.2 Å². The van der Waals surface area contributed by atoms with Crippen LogP contribution in [0.3, 0.4) is 0 Å². The number of carbonyl (C=O) groups excluding carboxylic acids is 1. The maximum Gasteiger partial charge on any atom is 0.159 e. The fourth-order valence-corrected chi connectivity index (χ4v) is 0.485. The van der Waals surface area contributed by atoms with Crippen molar-refractivity contribution in [3.8, 4) is 0 Å². The molecule has 0 fully saturated rings. The summed E-state index contributed by atoms with van der Waals surface area (Å²) in [6.07, 6.45) is -0.883. The molecule has 0 saturated carbocycles. The lowest BCUT2D eigenvalue weighted by atomic mass is 10.2. The van der Waals surface area contributed by atoms with E-state index in [0.717, 1.165) is 0 Å². The van der Waals surface area contributed by atoms with Crippen molar-refractivity contribution in [2.75, 3.05) is 19.6 Å². The Kier molecular flexibility index (Phi) is 5.10. The van der Waals surface area contributed by atoms with Gasteiger partial charge in [-0.05, 0) is 6.92 Å². The molecule has 0 aromatic carbocycles. The number of hydrogen-bond donors (Lipinski definition) is 3. The molecule has 60 valence electrons. The summed E-state index contributed by atoms with van der Waals surface area (Å²) >= 11 is 0. The summed E-state index contributed by atoms with van der Waals surface area (Å²) in [4.78, 5) is 10.4. The molecule has 0 aliphatic rings. The van der Waals surface area contributed by atoms with Gasteiger partial charge in [-0.25, -0.2) is 0 Å². The van der Waals surface area contributed by atoms with Crippen molar-refractivity contribution >= 4 is 5.78 Å². The van der Waals surface area contributed by atoms with E-state index in [1.54, 1.807) is 0 Å². The fraction of sp³-hybridized carbons (Fsp3) is 0.833. The molecule has 0 unspecified atom stereocenters. The third kappa shape index (κ3) is 4.43. The lowest BCUT2D eigenvalue weighted by molar-refractivity contribution is -0.124. The number of hydrogen-bond acceptors (Lipinski definition) is 4. The summed E-state index contributed by atoms with van der Waals surface area (Å²) in [5.41, 5.74) is 5.16. The average Bonchev–Trinajstić information content (AvgIpc) is 1.88. The molecule has 10 heavy (non-hydrogen) atoms. The standard InChI is InChI=1S/C6H14N2O2/c1-5(9)6(10)4-8-3-2-7/h6,8,10H,2-4,7H2,1H3/t6-/m0/s1. The zero-order valence-electron chi connectivity index (χ0n) is 6.13. The molecule has 0 bridgehead atoms. The molecule has 4 heteroatoms. The molecule has 4 nitrogen and oxygen atoms in total. The van der Waals surface area contributed by atoms with E-state index in [9.17, 15) is 4.79 Å². The minimum absolute atomic E-state index is 0.218. The molecule has 0 heterocycles. The number of Topliss-reactive ketones (excluding diaryl/α,β-unsaturated/α-hetero) is 1. The Morgan fingerprint density at radius 3 is 2.80 bits per heavy atom. The highest BCUT2D eigenvalue weighted by Crippen LogP contribution is 1.80. The van der Waals surface area contributed by atoms with E-state index in [1.165, 1.54) is 6.92 Å². The van der Waals surface area contributed by atoms with Crippen molar-refractivity contribution in [2.45, 2.75) is 13.0 Å². The van der Waals surface area contributed by atoms with Crippen LogP contribution in [-0.4, -0.2) is 36.6 Å². The third-order valence-corrected chi connectivity index (χ3v) is 1.13. The van der Waals surface area contributed by atoms with Gasteiger partial charge in [-0.1, -0.05) is 0 Å². The van der Waals surface area contributed by atoms with Gasteiger partial charge in [0, 0.05) is 19.6 Å². The molecule has 0 saturated heterocycles. The first-order valence-electron chi connectivity index (χ1n) is 3.27. The quantitative estimate of drug-likeness (QED) is 0.412. The van der Waals surface area contributed by atoms with Crippen LogP contribution >= 0.6 is 0 Å². The minimum atomic E-state index is -0.883. The summed E-state index contributed by atoms with van der Waals surface area (Å²) in [5, 5.41) is 11.7. The number of nitrogens with two attached hydrogens (primary N) is 1. The second-order valence-electron chi connectivity index (χ2n) is 2.12. The summed E-state index contributed by atoms with van der Waals surface area (Å²) in [5.74, 6) is -0.218. The number of aliphatic hydroxyl groups excluding tert-OH is 1. The Morgan fingerprint density at radius 1 is 1.80 bits per heavy atom. The van der Waals surface area contributed by atoms with Gasteiger partial charge in [0.25, 0.3) is 0 Å². The average molecular weight is 146 g/mol. The second-order valence-corrected chi connectivity index (χ2v) is 2.12. The summed E-state index contributed by atoms with van der Waals surface area (Å²) in [6, 6.07) is 0. The number of aliphatic hydroxyl groups is 1. The molecule has 0 aromatic rings. The normalized spacial score (nSPS) is 13.1. The molecule has 0 aromatic heterocycles. The Hall–Kier alpha value is -0.450. The predicted octanol–water partition coefficient (Wildman–Crippen LogP) is -1.52. The molecule has 0 aliphatic heterocycles. The second kappa shape index (κ2) is 5.34. The lowest BCUT2D eigenvalue weighted by Gasteiger charge is -2.06. The maximum absolute atomic E-state index is 10.4. The number of rotatable bonds is 5. The van der Waals surface area contributed by atoms with Crippen molar-refractivity contribution in [2.24, 2.45) is 5.73 Å². The first-order chi connectivity index (χ1) is 4.68. The van der Waals surface area contributed by atoms with E-state index in [-0.39, 0.29) is 5.78 Å². The van der Waals surface area contributed by atoms with Crippen LogP contribution in [0.4, 0.5) is 0 Å². The van der Waals surface area contributed by atoms with Crippen LogP contribution in [0.25, 0.3) is 0 Å². The van der Waals surface area contributed by atoms with Crippen molar-refractivity contribution in [3.63, 3.8) is 0 Å². The van der Waals surface area contributed by atoms with Crippen LogP contribution in [-0.2, 0) is 4.79 Å². The fourth-order valence-electron chi connectivity index (χ4n) is 0.485. The monoisotopic (exact) mass is 146 g/mol. The van der Waals surface area contributed by atoms with E-state index < -0.39 is 6.10 Å². The first kappa shape index (κ1) is 9.55. The zero-order valence-corrected chi connectivity index (χ0v) is 6.13. The van der Waals surface area contributed by atoms with Gasteiger partial charge in [0.05, 0.1) is 0 Å². The van der Waals surface area contributed by atoms with Gasteiger partial charge in [-0.3, -0.25) is 4.79 Å². The Bertz CT molecular complexity index is 106. The molecular formula is C6H14N2O2. The van der Waals surface area contributed by atoms with Crippen LogP contribution < -0.4 is 11.1 Å². The van der Waals surface area contributed by atoms with Crippen molar-refractivity contribution in [3.05, 3.63) is 0 Å². The molecule has 0 rings (SSSR count). The number of carbonyl (C=O) groups is 1. The topological polar surface area (TPSA) is 75.3 Å². The van der Waals surface area contributed by atoms with Gasteiger partial charge in [0.2, 0.25) is 0 Å². The van der Waals surface area contributed by atoms with Gasteiger partial charge >= 0.3 is 0 Å². The van der Waals surface area contributed by atoms with E-state index in [2.05, 4.69) is 5.32 Å². The van der Waals surface area contributed by atoms with Crippen LogP contribution in [0.5, 0.6) is 0 Å². The molecule has 0 radical (unpaired) electrons. The molecular weight excluding hydrogens is 132 g/mol. The SMILES string of the molecule is CC(=O)[C@@H](O)CNCCN. The highest BCUT2D eigenvalue weighted by molar-refractivity contribution is 5.80. The number of nitrogens with one attached hydrogen (secondary N) is 1. The van der Waals surface area contributed by atoms with Gasteiger partial charge in [0.15, 0.2) is 5.78 Å². The third-order valence-electron chi connectivity index (χ3n) is 1.13. The molecule has 0 amide bonds. The highest BCUT2D eigenvalue weighted by Gasteiger charge is 2.06. The van der Waals surface area contributed by atoms with E-state index in [4.69, 9.17) is 10.8 Å². The minimum Gasteiger partial charge on any atom is -0.384 e. The van der Waals surface area contributed by atoms with E-state index in [0.29, 0.717) is 19.6 Å². The highest BCUT2D eigenvalue weighted by atomic mass is 16.3. The van der Waals surface area contributed by atoms with Crippen LogP contribution in [0.15, 0.2) is 0 Å². The van der Waals surface area contributed by atoms with Crippen molar-refractivity contribution in [1.82, 2.24) is 5.32 Å². The largest absolute Gasteiger partial charge is 0.384 e. The van der Waals surface area contributed by atoms with Crippen LogP contribution in [0.2, 0.25) is 0 Å². The van der Waals surface area contributed by atoms with Crippen molar-refractivity contribution < 1.29 is 9.90 Å². The summed E-state index contributed by atoms with van der Waals surface area (Å²) in [7, 11) is 0. The van der Waals surface area contributed by atoms with Gasteiger partial charge in [0.1, 0.15) is 6.10 Å². The Balaban J connectivity index is 3.21. The van der Waals surface area contributed by atoms with Crippen molar-refractivity contribution in [1.29, 1.82) is 0 Å². The number of ketones is 1. The van der Waals surface area contributed by atoms with Gasteiger partial charge in [-0.2, -0.15) is 0 Å². The van der Waals surface area contributed by atoms with Crippen LogP contribution in [0.1, 0.15) is 6.92 Å². The maximum atomic E-state index is 10.4. The molecule has 0 aliphatic carbocycles. The molecule has 1 atom stereocenters. The summed E-state index contributed by atoms with van der Waals surface area (Å²) < 4.78 is 0.